The fourth-order valence-corrected chi connectivity index (χ4v) is 4.14. The van der Waals surface area contributed by atoms with E-state index in [2.05, 4.69) is 15.6 Å². The molecule has 0 spiro atoms. The maximum absolute atomic E-state index is 13.6. The number of aryl methyl sites for hydroxylation is 2. The zero-order chi connectivity index (χ0) is 24.6. The molecule has 1 aromatic carbocycles. The lowest BCUT2D eigenvalue weighted by Gasteiger charge is -2.23. The van der Waals surface area contributed by atoms with Crippen LogP contribution in [0.2, 0.25) is 0 Å². The zero-order valence-corrected chi connectivity index (χ0v) is 19.6. The number of hydrogen-bond acceptors (Lipinski definition) is 5. The van der Waals surface area contributed by atoms with Crippen molar-refractivity contribution in [3.63, 3.8) is 0 Å². The van der Waals surface area contributed by atoms with Gasteiger partial charge in [0.05, 0.1) is 17.5 Å². The minimum Gasteiger partial charge on any atom is -0.443 e. The highest BCUT2D eigenvalue weighted by atomic mass is 19.1. The van der Waals surface area contributed by atoms with Crippen molar-refractivity contribution in [3.8, 4) is 0 Å². The van der Waals surface area contributed by atoms with Crippen LogP contribution in [0.5, 0.6) is 0 Å². The molecule has 0 radical (unpaired) electrons. The molecule has 0 aliphatic carbocycles. The fraction of sp³-hybridized carbons (Fsp3) is 0.360. The normalized spacial score (nSPS) is 13.3. The topological polar surface area (TPSA) is 106 Å². The number of Topliss-reactive ketones (excluding diaryl/α,β-unsaturated/α-hetero) is 1. The summed E-state index contributed by atoms with van der Waals surface area (Å²) in [5.41, 5.74) is 1.06. The quantitative estimate of drug-likeness (QED) is 0.421. The number of amides is 2. The number of rotatable bonds is 6. The molecule has 0 unspecified atom stereocenters. The molecule has 8 nitrogen and oxygen atoms in total. The third kappa shape index (κ3) is 4.50. The standard InChI is InChI=1S/C25H27FN4O4/c1-14-11-16(8-9-18(14)26)28-22(32)17-12-20(30-10-6-5-7-19(17)30)21(31)23(33)29-25(3,4)24-27-13-15(2)34-24/h8-9,11-13H,5-7,10H2,1-4H3,(H,28,32)(H,29,33). The minimum atomic E-state index is -1.00. The monoisotopic (exact) mass is 466 g/mol. The van der Waals surface area contributed by atoms with E-state index in [0.717, 1.165) is 12.8 Å². The van der Waals surface area contributed by atoms with Crippen molar-refractivity contribution >= 4 is 23.3 Å². The van der Waals surface area contributed by atoms with Crippen LogP contribution in [0.1, 0.15) is 70.4 Å². The smallest absolute Gasteiger partial charge is 0.294 e. The van der Waals surface area contributed by atoms with Crippen LogP contribution >= 0.6 is 0 Å². The fourth-order valence-electron chi connectivity index (χ4n) is 4.14. The number of fused-ring (bicyclic) bond motifs is 1. The number of hydrogen-bond donors (Lipinski definition) is 2. The number of ketones is 1. The predicted molar refractivity (Wildman–Crippen MR) is 123 cm³/mol. The Hall–Kier alpha value is -3.75. The molecule has 0 saturated carbocycles. The Labute approximate surface area is 196 Å². The maximum Gasteiger partial charge on any atom is 0.294 e. The van der Waals surface area contributed by atoms with Crippen LogP contribution in [0.4, 0.5) is 10.1 Å². The summed E-state index contributed by atoms with van der Waals surface area (Å²) < 4.78 is 20.8. The minimum absolute atomic E-state index is 0.159. The molecule has 1 aliphatic heterocycles. The molecule has 9 heteroatoms. The van der Waals surface area contributed by atoms with Gasteiger partial charge in [0.15, 0.2) is 0 Å². The van der Waals surface area contributed by atoms with Gasteiger partial charge in [0.25, 0.3) is 17.6 Å². The van der Waals surface area contributed by atoms with Gasteiger partial charge in [-0.2, -0.15) is 0 Å². The number of nitrogens with zero attached hydrogens (tertiary/aromatic N) is 2. The first-order valence-corrected chi connectivity index (χ1v) is 11.2. The highest BCUT2D eigenvalue weighted by Crippen LogP contribution is 2.26. The highest BCUT2D eigenvalue weighted by molar-refractivity contribution is 6.42. The molecule has 4 rings (SSSR count). The van der Waals surface area contributed by atoms with Crippen molar-refractivity contribution in [1.29, 1.82) is 0 Å². The van der Waals surface area contributed by atoms with Gasteiger partial charge < -0.3 is 19.6 Å². The summed E-state index contributed by atoms with van der Waals surface area (Å²) in [4.78, 5) is 43.2. The molecule has 3 heterocycles. The average Bonchev–Trinajstić information content (AvgIpc) is 3.40. The first kappa shape index (κ1) is 23.4. The number of anilines is 1. The van der Waals surface area contributed by atoms with E-state index in [1.54, 1.807) is 44.5 Å². The molecule has 2 aromatic heterocycles. The number of halogens is 1. The Morgan fingerprint density at radius 3 is 2.59 bits per heavy atom. The second-order valence-corrected chi connectivity index (χ2v) is 9.10. The summed E-state index contributed by atoms with van der Waals surface area (Å²) in [6.45, 7) is 7.28. The molecule has 0 saturated heterocycles. The molecule has 2 N–H and O–H groups in total. The van der Waals surface area contributed by atoms with Crippen LogP contribution in [0, 0.1) is 19.7 Å². The Morgan fingerprint density at radius 2 is 1.91 bits per heavy atom. The van der Waals surface area contributed by atoms with Crippen molar-refractivity contribution in [3.05, 3.63) is 70.4 Å². The van der Waals surface area contributed by atoms with E-state index in [1.807, 2.05) is 0 Å². The number of carbonyl (C=O) groups excluding carboxylic acids is 3. The SMILES string of the molecule is Cc1cnc(C(C)(C)NC(=O)C(=O)c2cc(C(=O)Nc3ccc(F)c(C)c3)c3n2CCCC3)o1. The molecule has 0 bridgehead atoms. The van der Waals surface area contributed by atoms with Gasteiger partial charge in [-0.1, -0.05) is 0 Å². The van der Waals surface area contributed by atoms with Crippen LogP contribution in [-0.4, -0.2) is 27.1 Å². The largest absolute Gasteiger partial charge is 0.443 e. The first-order valence-electron chi connectivity index (χ1n) is 11.2. The molecule has 34 heavy (non-hydrogen) atoms. The number of oxazole rings is 1. The molecule has 0 atom stereocenters. The summed E-state index contributed by atoms with van der Waals surface area (Å²) in [7, 11) is 0. The van der Waals surface area contributed by atoms with E-state index < -0.39 is 23.1 Å². The van der Waals surface area contributed by atoms with Crippen LogP contribution in [0.25, 0.3) is 0 Å². The molecule has 2 amide bonds. The van der Waals surface area contributed by atoms with E-state index in [4.69, 9.17) is 4.42 Å². The zero-order valence-electron chi connectivity index (χ0n) is 19.6. The second kappa shape index (κ2) is 8.89. The second-order valence-electron chi connectivity index (χ2n) is 9.10. The molecular weight excluding hydrogens is 439 g/mol. The Balaban J connectivity index is 1.59. The molecular formula is C25H27FN4O4. The Morgan fingerprint density at radius 1 is 1.15 bits per heavy atom. The van der Waals surface area contributed by atoms with E-state index in [9.17, 15) is 18.8 Å². The average molecular weight is 467 g/mol. The lowest BCUT2D eigenvalue weighted by Crippen LogP contribution is -2.45. The molecule has 3 aromatic rings. The van der Waals surface area contributed by atoms with E-state index >= 15 is 0 Å². The van der Waals surface area contributed by atoms with Crippen LogP contribution < -0.4 is 10.6 Å². The van der Waals surface area contributed by atoms with Crippen LogP contribution in [-0.2, 0) is 23.3 Å². The highest BCUT2D eigenvalue weighted by Gasteiger charge is 2.34. The number of benzene rings is 1. The summed E-state index contributed by atoms with van der Waals surface area (Å²) in [5, 5.41) is 5.46. The van der Waals surface area contributed by atoms with Gasteiger partial charge >= 0.3 is 0 Å². The first-order chi connectivity index (χ1) is 16.1. The van der Waals surface area contributed by atoms with E-state index in [1.165, 1.54) is 18.2 Å². The molecule has 0 fully saturated rings. The van der Waals surface area contributed by atoms with Gasteiger partial charge in [0, 0.05) is 17.9 Å². The maximum atomic E-state index is 13.6. The lowest BCUT2D eigenvalue weighted by atomic mass is 10.1. The van der Waals surface area contributed by atoms with Gasteiger partial charge in [-0.3, -0.25) is 14.4 Å². The van der Waals surface area contributed by atoms with E-state index in [-0.39, 0.29) is 17.4 Å². The number of carbonyl (C=O) groups is 3. The summed E-state index contributed by atoms with van der Waals surface area (Å²) in [6, 6.07) is 5.78. The van der Waals surface area contributed by atoms with Gasteiger partial charge in [0.2, 0.25) is 5.89 Å². The molecule has 178 valence electrons. The summed E-state index contributed by atoms with van der Waals surface area (Å²) in [6.07, 6.45) is 3.86. The Bertz CT molecular complexity index is 1290. The van der Waals surface area contributed by atoms with Gasteiger partial charge in [0.1, 0.15) is 17.1 Å². The predicted octanol–water partition coefficient (Wildman–Crippen LogP) is 4.05. The van der Waals surface area contributed by atoms with Crippen LogP contribution in [0.3, 0.4) is 0 Å². The van der Waals surface area contributed by atoms with Crippen molar-refractivity contribution < 1.29 is 23.2 Å². The van der Waals surface area contributed by atoms with E-state index in [0.29, 0.717) is 41.2 Å². The van der Waals surface area contributed by atoms with Gasteiger partial charge in [-0.25, -0.2) is 9.37 Å². The van der Waals surface area contributed by atoms with Crippen molar-refractivity contribution in [2.24, 2.45) is 0 Å². The van der Waals surface area contributed by atoms with Gasteiger partial charge in [-0.05, 0) is 76.8 Å². The van der Waals surface area contributed by atoms with Gasteiger partial charge in [-0.15, -0.1) is 0 Å². The third-order valence-corrected chi connectivity index (χ3v) is 5.94. The van der Waals surface area contributed by atoms with Crippen LogP contribution in [0.15, 0.2) is 34.9 Å². The third-order valence-electron chi connectivity index (χ3n) is 5.94. The van der Waals surface area contributed by atoms with Crippen molar-refractivity contribution in [1.82, 2.24) is 14.9 Å². The summed E-state index contributed by atoms with van der Waals surface area (Å²) >= 11 is 0. The molecule has 1 aliphatic rings. The summed E-state index contributed by atoms with van der Waals surface area (Å²) in [5.74, 6) is -1.44. The number of aromatic nitrogens is 2. The van der Waals surface area contributed by atoms with Crippen molar-refractivity contribution in [2.75, 3.05) is 5.32 Å². The van der Waals surface area contributed by atoms with Crippen molar-refractivity contribution in [2.45, 2.75) is 59.0 Å². The number of nitrogens with one attached hydrogen (secondary N) is 2. The lowest BCUT2D eigenvalue weighted by molar-refractivity contribution is -0.118. The Kier molecular flexibility index (Phi) is 6.12.